The van der Waals surface area contributed by atoms with Crippen molar-refractivity contribution in [1.82, 2.24) is 19.8 Å². The summed E-state index contributed by atoms with van der Waals surface area (Å²) in [6.07, 6.45) is 12.8. The number of thiazole rings is 1. The van der Waals surface area contributed by atoms with E-state index in [2.05, 4.69) is 26.3 Å². The highest BCUT2D eigenvalue weighted by Crippen LogP contribution is 2.28. The van der Waals surface area contributed by atoms with Crippen LogP contribution in [0.3, 0.4) is 0 Å². The lowest BCUT2D eigenvalue weighted by Gasteiger charge is -2.27. The summed E-state index contributed by atoms with van der Waals surface area (Å²) in [4.78, 5) is 37.9. The first kappa shape index (κ1) is 20.1. The Kier molecular flexibility index (Phi) is 5.65. The van der Waals surface area contributed by atoms with E-state index in [1.165, 1.54) is 5.57 Å². The lowest BCUT2D eigenvalue weighted by Crippen LogP contribution is -2.36. The van der Waals surface area contributed by atoms with E-state index in [4.69, 9.17) is 0 Å². The topological polar surface area (TPSA) is 78.4 Å². The predicted octanol–water partition coefficient (Wildman–Crippen LogP) is 3.17. The molecule has 7 nitrogen and oxygen atoms in total. The molecule has 0 spiro atoms. The standard InChI is InChI=1S/C23H25N5O2S/c29-21(27-9-5-16(6-10-27)13-20-24-7-11-31-20)4-3-17-12-18-15-28-8-1-2-19(28)23(30)26-22(18)25-14-17/h3-4,7,11-14,19H,1-2,5-6,8-10,15H2,(H,25,26,30)/b4-3+/t19-/m0/s1. The highest BCUT2D eigenvalue weighted by molar-refractivity contribution is 7.10. The molecule has 2 aromatic rings. The van der Waals surface area contributed by atoms with Gasteiger partial charge in [-0.2, -0.15) is 0 Å². The molecule has 0 aromatic carbocycles. The number of nitrogens with zero attached hydrogens (tertiary/aromatic N) is 4. The number of carbonyl (C=O) groups is 2. The van der Waals surface area contributed by atoms with E-state index in [-0.39, 0.29) is 17.9 Å². The van der Waals surface area contributed by atoms with Crippen LogP contribution in [0.1, 0.15) is 41.8 Å². The highest BCUT2D eigenvalue weighted by atomic mass is 32.1. The van der Waals surface area contributed by atoms with Crippen LogP contribution >= 0.6 is 11.3 Å². The summed E-state index contributed by atoms with van der Waals surface area (Å²) in [6.45, 7) is 3.10. The number of aromatic nitrogens is 2. The number of nitrogens with one attached hydrogen (secondary N) is 1. The quantitative estimate of drug-likeness (QED) is 0.750. The van der Waals surface area contributed by atoms with E-state index in [0.717, 1.165) is 61.5 Å². The molecular formula is C23H25N5O2S. The fourth-order valence-electron chi connectivity index (χ4n) is 4.50. The summed E-state index contributed by atoms with van der Waals surface area (Å²) in [5, 5.41) is 5.96. The average Bonchev–Trinajstić information content (AvgIpc) is 3.44. The molecule has 0 bridgehead atoms. The summed E-state index contributed by atoms with van der Waals surface area (Å²) < 4.78 is 0. The van der Waals surface area contributed by atoms with Crippen LogP contribution in [0.2, 0.25) is 0 Å². The van der Waals surface area contributed by atoms with E-state index in [1.54, 1.807) is 23.6 Å². The van der Waals surface area contributed by atoms with Gasteiger partial charge in [0.1, 0.15) is 10.8 Å². The summed E-state index contributed by atoms with van der Waals surface area (Å²) >= 11 is 1.63. The van der Waals surface area contributed by atoms with Crippen LogP contribution < -0.4 is 5.32 Å². The van der Waals surface area contributed by atoms with Gasteiger partial charge in [-0.15, -0.1) is 11.3 Å². The molecule has 0 unspecified atom stereocenters. The summed E-state index contributed by atoms with van der Waals surface area (Å²) in [7, 11) is 0. The molecular weight excluding hydrogens is 410 g/mol. The Balaban J connectivity index is 1.22. The number of hydrogen-bond donors (Lipinski definition) is 1. The maximum Gasteiger partial charge on any atom is 0.246 e. The van der Waals surface area contributed by atoms with E-state index >= 15 is 0 Å². The van der Waals surface area contributed by atoms with E-state index < -0.39 is 0 Å². The Labute approximate surface area is 185 Å². The Morgan fingerprint density at radius 2 is 2.10 bits per heavy atom. The molecule has 3 aliphatic rings. The van der Waals surface area contributed by atoms with E-state index in [9.17, 15) is 9.59 Å². The van der Waals surface area contributed by atoms with Crippen molar-refractivity contribution in [3.63, 3.8) is 0 Å². The number of hydrogen-bond acceptors (Lipinski definition) is 6. The van der Waals surface area contributed by atoms with E-state index in [0.29, 0.717) is 12.4 Å². The van der Waals surface area contributed by atoms with Gasteiger partial charge in [0.2, 0.25) is 11.8 Å². The van der Waals surface area contributed by atoms with Crippen LogP contribution in [0.25, 0.3) is 12.2 Å². The molecule has 1 N–H and O–H groups in total. The zero-order valence-electron chi connectivity index (χ0n) is 17.3. The Morgan fingerprint density at radius 3 is 2.90 bits per heavy atom. The zero-order chi connectivity index (χ0) is 21.2. The molecule has 2 amide bonds. The van der Waals surface area contributed by atoms with Gasteiger partial charge in [0.15, 0.2) is 0 Å². The number of pyridine rings is 1. The minimum Gasteiger partial charge on any atom is -0.339 e. The second kappa shape index (κ2) is 8.72. The van der Waals surface area contributed by atoms with Crippen LogP contribution in [-0.4, -0.2) is 57.3 Å². The minimum absolute atomic E-state index is 0.0242. The number of amides is 2. The van der Waals surface area contributed by atoms with Crippen molar-refractivity contribution in [2.24, 2.45) is 0 Å². The number of carbonyl (C=O) groups excluding carboxylic acids is 2. The summed E-state index contributed by atoms with van der Waals surface area (Å²) in [5.41, 5.74) is 3.22. The second-order valence-electron chi connectivity index (χ2n) is 8.23. The van der Waals surface area contributed by atoms with Crippen LogP contribution in [0.4, 0.5) is 5.82 Å². The molecule has 0 saturated carbocycles. The van der Waals surface area contributed by atoms with Crippen molar-refractivity contribution in [1.29, 1.82) is 0 Å². The molecule has 0 aliphatic carbocycles. The third-order valence-electron chi connectivity index (χ3n) is 6.18. The van der Waals surface area contributed by atoms with Gasteiger partial charge >= 0.3 is 0 Å². The number of fused-ring (bicyclic) bond motifs is 2. The molecule has 2 aromatic heterocycles. The largest absolute Gasteiger partial charge is 0.339 e. The molecule has 8 heteroatoms. The predicted molar refractivity (Wildman–Crippen MR) is 121 cm³/mol. The number of anilines is 1. The Bertz CT molecular complexity index is 1040. The molecule has 1 atom stereocenters. The van der Waals surface area contributed by atoms with Crippen molar-refractivity contribution >= 4 is 41.1 Å². The normalized spacial score (nSPS) is 21.5. The van der Waals surface area contributed by atoms with Gasteiger partial charge in [-0.3, -0.25) is 14.5 Å². The molecule has 3 aliphatic heterocycles. The summed E-state index contributed by atoms with van der Waals surface area (Å²) in [6, 6.07) is 1.97. The number of rotatable bonds is 3. The smallest absolute Gasteiger partial charge is 0.246 e. The lowest BCUT2D eigenvalue weighted by molar-refractivity contribution is -0.126. The second-order valence-corrected chi connectivity index (χ2v) is 9.15. The molecule has 2 saturated heterocycles. The molecule has 160 valence electrons. The lowest BCUT2D eigenvalue weighted by atomic mass is 10.0. The maximum atomic E-state index is 12.7. The third-order valence-corrected chi connectivity index (χ3v) is 6.91. The SMILES string of the molecule is O=C1Nc2ncc(/C=C/C(=O)N3CCC(=Cc4nccs4)CC3)cc2CN2CCC[C@@H]12. The molecule has 5 rings (SSSR count). The fourth-order valence-corrected chi connectivity index (χ4v) is 5.11. The number of likely N-dealkylation sites (tertiary alicyclic amines) is 1. The molecule has 2 fully saturated rings. The summed E-state index contributed by atoms with van der Waals surface area (Å²) in [5.74, 6) is 0.699. The van der Waals surface area contributed by atoms with Gasteiger partial charge in [-0.25, -0.2) is 9.97 Å². The van der Waals surface area contributed by atoms with Gasteiger partial charge < -0.3 is 10.2 Å². The Hall–Kier alpha value is -2.84. The monoisotopic (exact) mass is 435 g/mol. The van der Waals surface area contributed by atoms with Crippen LogP contribution in [0.5, 0.6) is 0 Å². The highest BCUT2D eigenvalue weighted by Gasteiger charge is 2.34. The van der Waals surface area contributed by atoms with Crippen molar-refractivity contribution in [3.8, 4) is 0 Å². The van der Waals surface area contributed by atoms with Crippen LogP contribution in [0.15, 0.2) is 35.5 Å². The fraction of sp³-hybridized carbons (Fsp3) is 0.391. The minimum atomic E-state index is -0.0524. The van der Waals surface area contributed by atoms with Gasteiger partial charge in [0.05, 0.1) is 6.04 Å². The number of piperidine rings is 1. The van der Waals surface area contributed by atoms with Gasteiger partial charge in [-0.1, -0.05) is 5.57 Å². The first-order chi connectivity index (χ1) is 15.2. The third kappa shape index (κ3) is 4.45. The first-order valence-electron chi connectivity index (χ1n) is 10.8. The van der Waals surface area contributed by atoms with Crippen molar-refractivity contribution in [3.05, 3.63) is 51.6 Å². The molecule has 0 radical (unpaired) electrons. The maximum absolute atomic E-state index is 12.7. The van der Waals surface area contributed by atoms with Gasteiger partial charge in [0.25, 0.3) is 0 Å². The van der Waals surface area contributed by atoms with Gasteiger partial charge in [-0.05, 0) is 56.0 Å². The van der Waals surface area contributed by atoms with E-state index in [1.807, 2.05) is 28.6 Å². The van der Waals surface area contributed by atoms with Gasteiger partial charge in [0, 0.05) is 49.0 Å². The first-order valence-corrected chi connectivity index (χ1v) is 11.6. The van der Waals surface area contributed by atoms with Crippen molar-refractivity contribution < 1.29 is 9.59 Å². The Morgan fingerprint density at radius 1 is 1.23 bits per heavy atom. The molecule has 5 heterocycles. The zero-order valence-corrected chi connectivity index (χ0v) is 18.1. The van der Waals surface area contributed by atoms with Crippen molar-refractivity contribution in [2.45, 2.75) is 38.3 Å². The van der Waals surface area contributed by atoms with Crippen molar-refractivity contribution in [2.75, 3.05) is 25.0 Å². The molecule has 31 heavy (non-hydrogen) atoms. The average molecular weight is 436 g/mol. The van der Waals surface area contributed by atoms with Crippen LogP contribution in [-0.2, 0) is 16.1 Å². The van der Waals surface area contributed by atoms with Crippen LogP contribution in [0, 0.1) is 0 Å².